The van der Waals surface area contributed by atoms with Gasteiger partial charge in [-0.15, -0.1) is 0 Å². The number of furan rings is 1. The Bertz CT molecular complexity index is 586. The van der Waals surface area contributed by atoms with Gasteiger partial charge in [-0.3, -0.25) is 4.79 Å². The summed E-state index contributed by atoms with van der Waals surface area (Å²) in [4.78, 5) is 10.7. The van der Waals surface area contributed by atoms with Crippen LogP contribution in [0.2, 0.25) is 0 Å². The third-order valence-corrected chi connectivity index (χ3v) is 2.71. The SMILES string of the molecule is COc1ccc(-c2ccc(C=O)o2)c(OC)c1OC. The summed E-state index contributed by atoms with van der Waals surface area (Å²) in [6, 6.07) is 6.83. The summed E-state index contributed by atoms with van der Waals surface area (Å²) in [6.07, 6.45) is 0.650. The first kappa shape index (κ1) is 13.0. The van der Waals surface area contributed by atoms with Gasteiger partial charge >= 0.3 is 0 Å². The summed E-state index contributed by atoms with van der Waals surface area (Å²) in [5.41, 5.74) is 0.688. The molecule has 0 unspecified atom stereocenters. The van der Waals surface area contributed by atoms with E-state index >= 15 is 0 Å². The molecule has 0 aliphatic rings. The van der Waals surface area contributed by atoms with E-state index in [2.05, 4.69) is 0 Å². The van der Waals surface area contributed by atoms with E-state index in [1.165, 1.54) is 14.2 Å². The van der Waals surface area contributed by atoms with Crippen molar-refractivity contribution in [3.8, 4) is 28.6 Å². The number of hydrogen-bond acceptors (Lipinski definition) is 5. The Balaban J connectivity index is 2.59. The van der Waals surface area contributed by atoms with Crippen LogP contribution in [-0.4, -0.2) is 27.6 Å². The monoisotopic (exact) mass is 262 g/mol. The molecule has 0 bridgehead atoms. The van der Waals surface area contributed by atoms with Crippen molar-refractivity contribution in [2.45, 2.75) is 0 Å². The zero-order valence-corrected chi connectivity index (χ0v) is 10.9. The summed E-state index contributed by atoms with van der Waals surface area (Å²) < 4.78 is 21.2. The average Bonchev–Trinajstić information content (AvgIpc) is 2.94. The number of methoxy groups -OCH3 is 3. The molecular weight excluding hydrogens is 248 g/mol. The molecule has 1 aromatic heterocycles. The lowest BCUT2D eigenvalue weighted by atomic mass is 10.1. The molecule has 2 rings (SSSR count). The van der Waals surface area contributed by atoms with Crippen molar-refractivity contribution >= 4 is 6.29 Å². The molecule has 19 heavy (non-hydrogen) atoms. The topological polar surface area (TPSA) is 57.9 Å². The predicted octanol–water partition coefficient (Wildman–Crippen LogP) is 2.78. The summed E-state index contributed by atoms with van der Waals surface area (Å²) in [6.45, 7) is 0. The van der Waals surface area contributed by atoms with Crippen molar-refractivity contribution in [3.05, 3.63) is 30.0 Å². The number of ether oxygens (including phenoxy) is 3. The van der Waals surface area contributed by atoms with Gasteiger partial charge in [0, 0.05) is 0 Å². The van der Waals surface area contributed by atoms with Gasteiger partial charge in [0.15, 0.2) is 23.5 Å². The highest BCUT2D eigenvalue weighted by Gasteiger charge is 2.18. The molecule has 1 aromatic carbocycles. The van der Waals surface area contributed by atoms with Crippen LogP contribution in [-0.2, 0) is 0 Å². The van der Waals surface area contributed by atoms with Gasteiger partial charge in [0.05, 0.1) is 26.9 Å². The Labute approximate surface area is 110 Å². The highest BCUT2D eigenvalue weighted by Crippen LogP contribution is 2.44. The Morgan fingerprint density at radius 1 is 0.947 bits per heavy atom. The number of rotatable bonds is 5. The molecule has 0 amide bonds. The minimum atomic E-state index is 0.256. The van der Waals surface area contributed by atoms with Crippen LogP contribution >= 0.6 is 0 Å². The van der Waals surface area contributed by atoms with Crippen molar-refractivity contribution in [2.24, 2.45) is 0 Å². The second kappa shape index (κ2) is 5.48. The van der Waals surface area contributed by atoms with E-state index in [-0.39, 0.29) is 5.76 Å². The third-order valence-electron chi connectivity index (χ3n) is 2.71. The second-order valence-corrected chi connectivity index (χ2v) is 3.70. The molecular formula is C14H14O5. The minimum Gasteiger partial charge on any atom is -0.493 e. The summed E-state index contributed by atoms with van der Waals surface area (Å²) in [7, 11) is 4.61. The van der Waals surface area contributed by atoms with E-state index < -0.39 is 0 Å². The smallest absolute Gasteiger partial charge is 0.204 e. The van der Waals surface area contributed by atoms with Crippen molar-refractivity contribution in [1.29, 1.82) is 0 Å². The molecule has 0 N–H and O–H groups in total. The lowest BCUT2D eigenvalue weighted by Gasteiger charge is -2.14. The Morgan fingerprint density at radius 2 is 1.68 bits per heavy atom. The number of aldehydes is 1. The lowest BCUT2D eigenvalue weighted by Crippen LogP contribution is -1.96. The molecule has 0 radical (unpaired) electrons. The van der Waals surface area contributed by atoms with E-state index in [9.17, 15) is 4.79 Å². The molecule has 0 fully saturated rings. The van der Waals surface area contributed by atoms with E-state index in [0.29, 0.717) is 34.9 Å². The van der Waals surface area contributed by atoms with Crippen LogP contribution in [0.25, 0.3) is 11.3 Å². The molecule has 0 saturated heterocycles. The maximum Gasteiger partial charge on any atom is 0.204 e. The van der Waals surface area contributed by atoms with Gasteiger partial charge < -0.3 is 18.6 Å². The summed E-state index contributed by atoms with van der Waals surface area (Å²) in [5, 5.41) is 0. The minimum absolute atomic E-state index is 0.256. The molecule has 0 spiro atoms. The van der Waals surface area contributed by atoms with Crippen LogP contribution in [0.1, 0.15) is 10.6 Å². The summed E-state index contributed by atoms with van der Waals surface area (Å²) >= 11 is 0. The van der Waals surface area contributed by atoms with Gasteiger partial charge in [0.2, 0.25) is 5.75 Å². The quantitative estimate of drug-likeness (QED) is 0.775. The zero-order chi connectivity index (χ0) is 13.8. The predicted molar refractivity (Wildman–Crippen MR) is 69.2 cm³/mol. The van der Waals surface area contributed by atoms with Crippen molar-refractivity contribution in [2.75, 3.05) is 21.3 Å². The van der Waals surface area contributed by atoms with Crippen molar-refractivity contribution in [1.82, 2.24) is 0 Å². The van der Waals surface area contributed by atoms with E-state index in [0.717, 1.165) is 0 Å². The Kier molecular flexibility index (Phi) is 3.75. The van der Waals surface area contributed by atoms with Crippen LogP contribution in [0.3, 0.4) is 0 Å². The molecule has 0 saturated carbocycles. The lowest BCUT2D eigenvalue weighted by molar-refractivity contribution is 0.110. The van der Waals surface area contributed by atoms with Crippen LogP contribution in [0.15, 0.2) is 28.7 Å². The van der Waals surface area contributed by atoms with Crippen molar-refractivity contribution in [3.63, 3.8) is 0 Å². The number of carbonyl (C=O) groups is 1. The molecule has 5 nitrogen and oxygen atoms in total. The van der Waals surface area contributed by atoms with Crippen molar-refractivity contribution < 1.29 is 23.4 Å². The van der Waals surface area contributed by atoms with Crippen LogP contribution in [0.4, 0.5) is 0 Å². The number of hydrogen-bond donors (Lipinski definition) is 0. The Morgan fingerprint density at radius 3 is 2.21 bits per heavy atom. The molecule has 0 aliphatic carbocycles. The fourth-order valence-corrected chi connectivity index (χ4v) is 1.86. The standard InChI is InChI=1S/C14H14O5/c1-16-12-7-5-10(13(17-2)14(12)18-3)11-6-4-9(8-15)19-11/h4-8H,1-3H3. The van der Waals surface area contributed by atoms with Crippen LogP contribution < -0.4 is 14.2 Å². The normalized spacial score (nSPS) is 10.1. The fourth-order valence-electron chi connectivity index (χ4n) is 1.86. The van der Waals surface area contributed by atoms with Gasteiger partial charge in [-0.25, -0.2) is 0 Å². The fraction of sp³-hybridized carbons (Fsp3) is 0.214. The van der Waals surface area contributed by atoms with E-state index in [1.807, 2.05) is 0 Å². The molecule has 5 heteroatoms. The van der Waals surface area contributed by atoms with Crippen LogP contribution in [0, 0.1) is 0 Å². The number of benzene rings is 1. The highest BCUT2D eigenvalue weighted by atomic mass is 16.5. The second-order valence-electron chi connectivity index (χ2n) is 3.70. The van der Waals surface area contributed by atoms with Gasteiger partial charge in [-0.05, 0) is 24.3 Å². The van der Waals surface area contributed by atoms with Gasteiger partial charge in [-0.2, -0.15) is 0 Å². The van der Waals surface area contributed by atoms with Gasteiger partial charge in [0.25, 0.3) is 0 Å². The third kappa shape index (κ3) is 2.27. The maximum atomic E-state index is 10.7. The molecule has 0 aliphatic heterocycles. The molecule has 1 heterocycles. The van der Waals surface area contributed by atoms with E-state index in [1.54, 1.807) is 31.4 Å². The molecule has 100 valence electrons. The first-order chi connectivity index (χ1) is 9.24. The average molecular weight is 262 g/mol. The Hall–Kier alpha value is -2.43. The van der Waals surface area contributed by atoms with Gasteiger partial charge in [0.1, 0.15) is 5.76 Å². The zero-order valence-electron chi connectivity index (χ0n) is 10.9. The van der Waals surface area contributed by atoms with E-state index in [4.69, 9.17) is 18.6 Å². The molecule has 2 aromatic rings. The first-order valence-corrected chi connectivity index (χ1v) is 5.59. The first-order valence-electron chi connectivity index (χ1n) is 5.59. The largest absolute Gasteiger partial charge is 0.493 e. The van der Waals surface area contributed by atoms with Crippen LogP contribution in [0.5, 0.6) is 17.2 Å². The highest BCUT2D eigenvalue weighted by molar-refractivity contribution is 5.77. The summed E-state index contributed by atoms with van der Waals surface area (Å²) in [5.74, 6) is 2.32. The maximum absolute atomic E-state index is 10.7. The number of carbonyl (C=O) groups excluding carboxylic acids is 1. The van der Waals surface area contributed by atoms with Gasteiger partial charge in [-0.1, -0.05) is 0 Å². The molecule has 0 atom stereocenters.